The van der Waals surface area contributed by atoms with Crippen molar-refractivity contribution in [1.82, 2.24) is 15.8 Å². The Balaban J connectivity index is 1.18. The topological polar surface area (TPSA) is 87.7 Å². The first-order valence-corrected chi connectivity index (χ1v) is 12.7. The van der Waals surface area contributed by atoms with E-state index in [2.05, 4.69) is 10.9 Å². The van der Waals surface area contributed by atoms with Gasteiger partial charge in [-0.2, -0.15) is 0 Å². The molecule has 0 radical (unpaired) electrons. The summed E-state index contributed by atoms with van der Waals surface area (Å²) in [5.74, 6) is 0.0965. The standard InChI is InChI=1S/C29H29N3O4/c33-27(30-31-28(34)26-17-21-10-4-6-12-25(21)36-26)24-16-20-9-3-5-11-23(20)32(24)29(35)22-14-13-18-7-1-2-8-19(18)15-22/h1-2,4,6-8,10,12-15,20,23-24,26H,3,5,9,11,16-17H2,(H,30,33)(H,31,34)/t20-,23-,24-,26?/m0/s1. The number of nitrogens with one attached hydrogen (secondary N) is 2. The third kappa shape index (κ3) is 4.08. The van der Waals surface area contributed by atoms with Crippen molar-refractivity contribution in [3.63, 3.8) is 0 Å². The van der Waals surface area contributed by atoms with Crippen molar-refractivity contribution in [2.45, 2.75) is 56.7 Å². The van der Waals surface area contributed by atoms with Crippen molar-refractivity contribution in [3.05, 3.63) is 77.9 Å². The molecule has 4 atom stereocenters. The Labute approximate surface area is 209 Å². The highest BCUT2D eigenvalue weighted by atomic mass is 16.5. The highest BCUT2D eigenvalue weighted by Gasteiger charge is 2.47. The molecule has 0 spiro atoms. The summed E-state index contributed by atoms with van der Waals surface area (Å²) < 4.78 is 5.73. The number of para-hydroxylation sites is 1. The van der Waals surface area contributed by atoms with E-state index in [9.17, 15) is 14.4 Å². The van der Waals surface area contributed by atoms with Crippen LogP contribution in [0.1, 0.15) is 48.0 Å². The zero-order chi connectivity index (χ0) is 24.6. The molecule has 3 aliphatic rings. The lowest BCUT2D eigenvalue weighted by Gasteiger charge is -2.33. The van der Waals surface area contributed by atoms with E-state index in [0.717, 1.165) is 42.0 Å². The van der Waals surface area contributed by atoms with Gasteiger partial charge in [0, 0.05) is 18.0 Å². The maximum atomic E-state index is 13.8. The lowest BCUT2D eigenvalue weighted by molar-refractivity contribution is -0.134. The maximum absolute atomic E-state index is 13.8. The second kappa shape index (κ2) is 9.30. The number of fused-ring (bicyclic) bond motifs is 3. The molecule has 184 valence electrons. The molecule has 3 amide bonds. The van der Waals surface area contributed by atoms with Gasteiger partial charge >= 0.3 is 0 Å². The molecule has 7 heteroatoms. The second-order valence-corrected chi connectivity index (χ2v) is 10.0. The molecule has 2 aliphatic heterocycles. The third-order valence-corrected chi connectivity index (χ3v) is 7.87. The number of hydrogen-bond acceptors (Lipinski definition) is 4. The van der Waals surface area contributed by atoms with Crippen molar-refractivity contribution in [2.24, 2.45) is 5.92 Å². The minimum Gasteiger partial charge on any atom is -0.480 e. The van der Waals surface area contributed by atoms with Crippen molar-refractivity contribution in [3.8, 4) is 5.75 Å². The van der Waals surface area contributed by atoms with Crippen molar-refractivity contribution in [1.29, 1.82) is 0 Å². The number of rotatable bonds is 3. The number of amides is 3. The number of likely N-dealkylation sites (tertiary alicyclic amines) is 1. The third-order valence-electron chi connectivity index (χ3n) is 7.87. The van der Waals surface area contributed by atoms with E-state index < -0.39 is 18.1 Å². The molecule has 36 heavy (non-hydrogen) atoms. The fraction of sp³-hybridized carbons (Fsp3) is 0.345. The molecule has 1 aliphatic carbocycles. The predicted octanol–water partition coefficient (Wildman–Crippen LogP) is 3.76. The van der Waals surface area contributed by atoms with E-state index in [0.29, 0.717) is 30.1 Å². The van der Waals surface area contributed by atoms with Crippen molar-refractivity contribution in [2.75, 3.05) is 0 Å². The molecule has 0 bridgehead atoms. The van der Waals surface area contributed by atoms with Crippen LogP contribution in [0.15, 0.2) is 66.7 Å². The number of ether oxygens (including phenoxy) is 1. The monoisotopic (exact) mass is 483 g/mol. The van der Waals surface area contributed by atoms with Gasteiger partial charge in [0.25, 0.3) is 17.7 Å². The van der Waals surface area contributed by atoms with Gasteiger partial charge < -0.3 is 9.64 Å². The van der Waals surface area contributed by atoms with Crippen LogP contribution in [0, 0.1) is 5.92 Å². The minimum absolute atomic E-state index is 0.0387. The normalized spacial score (nSPS) is 24.5. The summed E-state index contributed by atoms with van der Waals surface area (Å²) >= 11 is 0. The SMILES string of the molecule is O=C(NNC(=O)[C@@H]1C[C@@H]2CCCC[C@@H]2N1C(=O)c1ccc2ccccc2c1)C1Cc2ccccc2O1. The average molecular weight is 484 g/mol. The van der Waals surface area contributed by atoms with Crippen LogP contribution in [-0.4, -0.2) is 40.8 Å². The van der Waals surface area contributed by atoms with Gasteiger partial charge in [0.05, 0.1) is 0 Å². The fourth-order valence-electron chi connectivity index (χ4n) is 6.07. The lowest BCUT2D eigenvalue weighted by atomic mass is 9.84. The summed E-state index contributed by atoms with van der Waals surface area (Å²) in [6.07, 6.45) is 4.45. The van der Waals surface area contributed by atoms with Gasteiger partial charge in [-0.25, -0.2) is 0 Å². The summed E-state index contributed by atoms with van der Waals surface area (Å²) in [5.41, 5.74) is 6.68. The Kier molecular flexibility index (Phi) is 5.83. The number of carbonyl (C=O) groups is 3. The molecule has 7 nitrogen and oxygen atoms in total. The Morgan fingerprint density at radius 3 is 2.44 bits per heavy atom. The molecule has 2 heterocycles. The predicted molar refractivity (Wildman–Crippen MR) is 135 cm³/mol. The first-order chi connectivity index (χ1) is 17.6. The van der Waals surface area contributed by atoms with Gasteiger partial charge in [-0.3, -0.25) is 25.2 Å². The summed E-state index contributed by atoms with van der Waals surface area (Å²) in [7, 11) is 0. The maximum Gasteiger partial charge on any atom is 0.279 e. The molecular weight excluding hydrogens is 454 g/mol. The smallest absolute Gasteiger partial charge is 0.279 e. The quantitative estimate of drug-likeness (QED) is 0.556. The molecule has 2 N–H and O–H groups in total. The molecular formula is C29H29N3O4. The van der Waals surface area contributed by atoms with E-state index in [1.807, 2.05) is 66.7 Å². The minimum atomic E-state index is -0.691. The average Bonchev–Trinajstić information content (AvgIpc) is 3.53. The Morgan fingerprint density at radius 1 is 0.833 bits per heavy atom. The molecule has 0 aromatic heterocycles. The highest BCUT2D eigenvalue weighted by Crippen LogP contribution is 2.40. The van der Waals surface area contributed by atoms with Gasteiger partial charge in [-0.05, 0) is 59.7 Å². The summed E-state index contributed by atoms with van der Waals surface area (Å²) in [5, 5.41) is 2.06. The number of nitrogens with zero attached hydrogens (tertiary/aromatic N) is 1. The zero-order valence-electron chi connectivity index (χ0n) is 20.0. The Morgan fingerprint density at radius 2 is 1.58 bits per heavy atom. The lowest BCUT2D eigenvalue weighted by Crippen LogP contribution is -2.55. The van der Waals surface area contributed by atoms with E-state index in [1.165, 1.54) is 0 Å². The summed E-state index contributed by atoms with van der Waals surface area (Å²) in [6, 6.07) is 20.6. The zero-order valence-corrected chi connectivity index (χ0v) is 20.0. The number of carbonyl (C=O) groups excluding carboxylic acids is 3. The van der Waals surface area contributed by atoms with Crippen LogP contribution in [0.2, 0.25) is 0 Å². The van der Waals surface area contributed by atoms with Crippen LogP contribution >= 0.6 is 0 Å². The van der Waals surface area contributed by atoms with Gasteiger partial charge in [0.2, 0.25) is 0 Å². The van der Waals surface area contributed by atoms with E-state index in [4.69, 9.17) is 4.74 Å². The second-order valence-electron chi connectivity index (χ2n) is 10.0. The number of benzene rings is 3. The van der Waals surface area contributed by atoms with Crippen LogP contribution < -0.4 is 15.6 Å². The first-order valence-electron chi connectivity index (χ1n) is 12.7. The molecule has 1 saturated carbocycles. The number of hydrazine groups is 1. The van der Waals surface area contributed by atoms with Gasteiger partial charge in [-0.1, -0.05) is 61.4 Å². The van der Waals surface area contributed by atoms with Crippen LogP contribution in [0.4, 0.5) is 0 Å². The summed E-state index contributed by atoms with van der Waals surface area (Å²) in [4.78, 5) is 41.6. The number of hydrogen-bond donors (Lipinski definition) is 2. The van der Waals surface area contributed by atoms with Gasteiger partial charge in [0.1, 0.15) is 11.8 Å². The molecule has 3 aromatic carbocycles. The van der Waals surface area contributed by atoms with Crippen LogP contribution in [0.3, 0.4) is 0 Å². The molecule has 3 aromatic rings. The van der Waals surface area contributed by atoms with Gasteiger partial charge in [0.15, 0.2) is 6.10 Å². The fourth-order valence-corrected chi connectivity index (χ4v) is 6.07. The highest BCUT2D eigenvalue weighted by molar-refractivity contribution is 6.01. The Bertz CT molecular complexity index is 1310. The van der Waals surface area contributed by atoms with Crippen LogP contribution in [-0.2, 0) is 16.0 Å². The van der Waals surface area contributed by atoms with Crippen molar-refractivity contribution >= 4 is 28.5 Å². The van der Waals surface area contributed by atoms with Crippen LogP contribution in [0.25, 0.3) is 10.8 Å². The molecule has 6 rings (SSSR count). The van der Waals surface area contributed by atoms with E-state index in [-0.39, 0.29) is 17.9 Å². The van der Waals surface area contributed by atoms with E-state index >= 15 is 0 Å². The molecule has 2 fully saturated rings. The van der Waals surface area contributed by atoms with E-state index in [1.54, 1.807) is 4.90 Å². The first kappa shape index (κ1) is 22.6. The molecule has 1 unspecified atom stereocenters. The largest absolute Gasteiger partial charge is 0.480 e. The van der Waals surface area contributed by atoms with Crippen LogP contribution in [0.5, 0.6) is 5.75 Å². The molecule has 1 saturated heterocycles. The van der Waals surface area contributed by atoms with Crippen molar-refractivity contribution < 1.29 is 19.1 Å². The summed E-state index contributed by atoms with van der Waals surface area (Å²) in [6.45, 7) is 0. The van der Waals surface area contributed by atoms with Gasteiger partial charge in [-0.15, -0.1) is 0 Å². The Hall–Kier alpha value is -3.87.